The van der Waals surface area contributed by atoms with Gasteiger partial charge in [-0.1, -0.05) is 86.5 Å². The van der Waals surface area contributed by atoms with Crippen molar-refractivity contribution < 1.29 is 9.53 Å². The number of halogens is 5. The molecule has 2 nitrogen and oxygen atoms in total. The van der Waals surface area contributed by atoms with Crippen LogP contribution >= 0.6 is 66.1 Å². The molecule has 0 radical (unpaired) electrons. The van der Waals surface area contributed by atoms with Gasteiger partial charge in [-0.2, -0.15) is 11.1 Å². The van der Waals surface area contributed by atoms with Crippen LogP contribution in [0.25, 0.3) is 0 Å². The standard InChI is InChI=1S/C8H19BrOSi.C6H15ClSi.C2H5BrO.CH2Cl2/c1-8(2,3)11(4,5)10-7-6-9;1-6(2,3)8(4,5)7;3-1-2-4;2-1-3/h6-7H2,1-5H3;1-5H3;4H,1-2H2;1H2. The molecule has 0 fully saturated rings. The van der Waals surface area contributed by atoms with Crippen molar-refractivity contribution in [1.29, 1.82) is 0 Å². The summed E-state index contributed by atoms with van der Waals surface area (Å²) in [5.41, 5.74) is 0. The molecule has 0 saturated heterocycles. The van der Waals surface area contributed by atoms with Crippen LogP contribution in [0.15, 0.2) is 0 Å². The van der Waals surface area contributed by atoms with Gasteiger partial charge < -0.3 is 9.53 Å². The average molecular weight is 600 g/mol. The quantitative estimate of drug-likeness (QED) is 0.200. The van der Waals surface area contributed by atoms with Gasteiger partial charge in [0.15, 0.2) is 15.7 Å². The number of aliphatic hydroxyl groups is 1. The average Bonchev–Trinajstić information content (AvgIpc) is 2.43. The molecule has 9 heteroatoms. The highest BCUT2D eigenvalue weighted by molar-refractivity contribution is 9.09. The Hall–Kier alpha value is 2.18. The Morgan fingerprint density at radius 2 is 1.12 bits per heavy atom. The summed E-state index contributed by atoms with van der Waals surface area (Å²) in [6.45, 7) is 23.4. The molecule has 0 aromatic carbocycles. The minimum Gasteiger partial charge on any atom is -0.416 e. The minimum absolute atomic E-state index is 0.194. The van der Waals surface area contributed by atoms with Gasteiger partial charge in [0.25, 0.3) is 0 Å². The summed E-state index contributed by atoms with van der Waals surface area (Å²) in [5, 5.41) is 10.3. The molecule has 0 aliphatic carbocycles. The SMILES string of the molecule is CC(C)(C)[Si](C)(C)Cl.CC(C)(C)[Si](C)(C)OCCBr.ClCCl.OCCBr. The summed E-state index contributed by atoms with van der Waals surface area (Å²) in [7, 11) is -2.84. The van der Waals surface area contributed by atoms with Crippen LogP contribution in [0, 0.1) is 0 Å². The van der Waals surface area contributed by atoms with Crippen LogP contribution in [-0.2, 0) is 4.43 Å². The van der Waals surface area contributed by atoms with Gasteiger partial charge in [0, 0.05) is 17.3 Å². The molecular weight excluding hydrogens is 559 g/mol. The number of aliphatic hydroxyl groups excluding tert-OH is 1. The summed E-state index contributed by atoms with van der Waals surface area (Å²) >= 11 is 22.0. The first-order chi connectivity index (χ1) is 11.4. The summed E-state index contributed by atoms with van der Waals surface area (Å²) < 4.78 is 5.84. The smallest absolute Gasteiger partial charge is 0.192 e. The van der Waals surface area contributed by atoms with Crippen LogP contribution in [0.4, 0.5) is 0 Å². The van der Waals surface area contributed by atoms with Gasteiger partial charge in [-0.15, -0.1) is 23.2 Å². The van der Waals surface area contributed by atoms with Crippen molar-refractivity contribution in [2.24, 2.45) is 0 Å². The first kappa shape index (κ1) is 35.6. The molecule has 0 unspecified atom stereocenters. The molecule has 0 spiro atoms. The van der Waals surface area contributed by atoms with Crippen LogP contribution in [0.3, 0.4) is 0 Å². The zero-order valence-electron chi connectivity index (χ0n) is 18.3. The van der Waals surface area contributed by atoms with Gasteiger partial charge >= 0.3 is 0 Å². The molecule has 0 atom stereocenters. The molecule has 0 saturated carbocycles. The molecule has 0 amide bonds. The van der Waals surface area contributed by atoms with Crippen molar-refractivity contribution in [3.63, 3.8) is 0 Å². The third-order valence-electron chi connectivity index (χ3n) is 4.21. The van der Waals surface area contributed by atoms with Gasteiger partial charge in [-0.05, 0) is 23.2 Å². The lowest BCUT2D eigenvalue weighted by Crippen LogP contribution is -2.41. The van der Waals surface area contributed by atoms with Gasteiger partial charge in [0.05, 0.1) is 11.9 Å². The van der Waals surface area contributed by atoms with E-state index < -0.39 is 15.7 Å². The largest absolute Gasteiger partial charge is 0.416 e. The molecular formula is C17H41Br2Cl3O2Si2. The van der Waals surface area contributed by atoms with Crippen LogP contribution in [0.2, 0.25) is 36.3 Å². The van der Waals surface area contributed by atoms with E-state index in [4.69, 9.17) is 43.8 Å². The first-order valence-electron chi connectivity index (χ1n) is 8.57. The maximum absolute atomic E-state index is 7.83. The van der Waals surface area contributed by atoms with Crippen LogP contribution in [0.1, 0.15) is 41.5 Å². The third kappa shape index (κ3) is 24.2. The van der Waals surface area contributed by atoms with Crippen LogP contribution < -0.4 is 0 Å². The lowest BCUT2D eigenvalue weighted by molar-refractivity contribution is 0.312. The van der Waals surface area contributed by atoms with E-state index in [2.05, 4.69) is 99.6 Å². The van der Waals surface area contributed by atoms with Crippen molar-refractivity contribution in [3.05, 3.63) is 0 Å². The Kier molecular flexibility index (Phi) is 24.6. The van der Waals surface area contributed by atoms with Gasteiger partial charge in [-0.3, -0.25) is 0 Å². The molecule has 1 N–H and O–H groups in total. The van der Waals surface area contributed by atoms with Crippen molar-refractivity contribution in [2.75, 3.05) is 29.2 Å². The summed E-state index contributed by atoms with van der Waals surface area (Å²) in [6, 6.07) is 0. The Bertz CT molecular complexity index is 290. The Balaban J connectivity index is -0.000000141. The molecule has 164 valence electrons. The fraction of sp³-hybridized carbons (Fsp3) is 1.00. The highest BCUT2D eigenvalue weighted by Gasteiger charge is 2.36. The highest BCUT2D eigenvalue weighted by atomic mass is 79.9. The second-order valence-electron chi connectivity index (χ2n) is 8.53. The van der Waals surface area contributed by atoms with Crippen molar-refractivity contribution in [2.45, 2.75) is 77.8 Å². The lowest BCUT2D eigenvalue weighted by Gasteiger charge is -2.35. The topological polar surface area (TPSA) is 29.5 Å². The van der Waals surface area contributed by atoms with Gasteiger partial charge in [0.1, 0.15) is 0 Å². The minimum atomic E-state index is -1.46. The van der Waals surface area contributed by atoms with Crippen molar-refractivity contribution in [1.82, 2.24) is 0 Å². The Morgan fingerprint density at radius 3 is 1.23 bits per heavy atom. The Morgan fingerprint density at radius 1 is 0.846 bits per heavy atom. The summed E-state index contributed by atoms with van der Waals surface area (Å²) in [6.07, 6.45) is 0. The zero-order valence-corrected chi connectivity index (χ0v) is 25.7. The first-order valence-corrected chi connectivity index (χ1v) is 18.8. The molecule has 0 bridgehead atoms. The Labute approximate surface area is 197 Å². The number of hydrogen-bond acceptors (Lipinski definition) is 2. The van der Waals surface area contributed by atoms with E-state index in [0.717, 1.165) is 11.9 Å². The van der Waals surface area contributed by atoms with Gasteiger partial charge in [-0.25, -0.2) is 0 Å². The zero-order chi connectivity index (χ0) is 22.2. The molecule has 0 rings (SSSR count). The van der Waals surface area contributed by atoms with E-state index >= 15 is 0 Å². The maximum Gasteiger partial charge on any atom is 0.192 e. The highest BCUT2D eigenvalue weighted by Crippen LogP contribution is 2.38. The summed E-state index contributed by atoms with van der Waals surface area (Å²) in [4.78, 5) is 0. The lowest BCUT2D eigenvalue weighted by atomic mass is 10.2. The molecule has 0 aromatic heterocycles. The van der Waals surface area contributed by atoms with Gasteiger partial charge in [0.2, 0.25) is 0 Å². The molecule has 0 heterocycles. The third-order valence-corrected chi connectivity index (χ3v) is 14.7. The molecule has 26 heavy (non-hydrogen) atoms. The van der Waals surface area contributed by atoms with Crippen molar-refractivity contribution in [3.8, 4) is 0 Å². The second-order valence-corrected chi connectivity index (χ2v) is 23.0. The van der Waals surface area contributed by atoms with E-state index in [1.54, 1.807) is 0 Å². The maximum atomic E-state index is 7.83. The predicted molar refractivity (Wildman–Crippen MR) is 137 cm³/mol. The van der Waals surface area contributed by atoms with E-state index in [-0.39, 0.29) is 11.9 Å². The van der Waals surface area contributed by atoms with Crippen molar-refractivity contribution >= 4 is 81.8 Å². The monoisotopic (exact) mass is 596 g/mol. The fourth-order valence-corrected chi connectivity index (χ4v) is 2.02. The van der Waals surface area contributed by atoms with Crippen LogP contribution in [0.5, 0.6) is 0 Å². The normalized spacial score (nSPS) is 12.0. The van der Waals surface area contributed by atoms with E-state index in [0.29, 0.717) is 15.4 Å². The van der Waals surface area contributed by atoms with E-state index in [1.807, 2.05) is 0 Å². The second kappa shape index (κ2) is 18.0. The fourth-order valence-electron chi connectivity index (χ4n) is 0.510. The van der Waals surface area contributed by atoms with E-state index in [9.17, 15) is 0 Å². The number of rotatable bonds is 4. The molecule has 0 aliphatic rings. The number of alkyl halides is 4. The molecule has 0 aromatic rings. The summed E-state index contributed by atoms with van der Waals surface area (Å²) in [5.74, 6) is 0. The predicted octanol–water partition coefficient (Wildman–Crippen LogP) is 8.43. The van der Waals surface area contributed by atoms with E-state index in [1.165, 1.54) is 0 Å². The molecule has 0 aliphatic heterocycles. The van der Waals surface area contributed by atoms with Crippen LogP contribution in [-0.4, -0.2) is 50.0 Å². The number of hydrogen-bond donors (Lipinski definition) is 1.